The van der Waals surface area contributed by atoms with E-state index in [1.165, 1.54) is 46.1 Å². The number of aromatic nitrogens is 4. The van der Waals surface area contributed by atoms with Crippen LogP contribution in [-0.4, -0.2) is 43.2 Å². The number of amides is 2. The second-order valence-corrected chi connectivity index (χ2v) is 10.4. The predicted molar refractivity (Wildman–Crippen MR) is 156 cm³/mol. The van der Waals surface area contributed by atoms with Crippen molar-refractivity contribution in [3.63, 3.8) is 0 Å². The van der Waals surface area contributed by atoms with E-state index in [-0.39, 0.29) is 35.9 Å². The van der Waals surface area contributed by atoms with Gasteiger partial charge in [-0.3, -0.25) is 14.5 Å². The Labute approximate surface area is 241 Å². The molecule has 0 saturated heterocycles. The molecule has 1 heterocycles. The van der Waals surface area contributed by atoms with Crippen molar-refractivity contribution in [2.75, 3.05) is 4.90 Å². The fourth-order valence-corrected chi connectivity index (χ4v) is 5.48. The molecule has 42 heavy (non-hydrogen) atoms. The van der Waals surface area contributed by atoms with Crippen LogP contribution < -0.4 is 10.2 Å². The van der Waals surface area contributed by atoms with Gasteiger partial charge in [0.25, 0.3) is 5.91 Å². The lowest BCUT2D eigenvalue weighted by Gasteiger charge is -2.33. The largest absolute Gasteiger partial charge is 0.508 e. The number of nitrogens with one attached hydrogen (secondary N) is 1. The summed E-state index contributed by atoms with van der Waals surface area (Å²) in [5.41, 5.74) is 1.65. The number of carbonyl (C=O) groups excluding carboxylic acids is 2. The summed E-state index contributed by atoms with van der Waals surface area (Å²) in [5.74, 6) is -0.838. The maximum Gasteiger partial charge on any atom is 0.251 e. The first kappa shape index (κ1) is 27.1. The molecule has 1 aromatic heterocycles. The van der Waals surface area contributed by atoms with Crippen LogP contribution in [0.4, 0.5) is 10.1 Å². The predicted octanol–water partition coefficient (Wildman–Crippen LogP) is 5.17. The molecule has 2 N–H and O–H groups in total. The lowest BCUT2D eigenvalue weighted by atomic mass is 10.00. The number of aromatic hydroxyl groups is 1. The third-order valence-corrected chi connectivity index (χ3v) is 7.54. The van der Waals surface area contributed by atoms with Gasteiger partial charge in [-0.2, -0.15) is 4.80 Å². The molecule has 4 aromatic carbocycles. The molecule has 1 fully saturated rings. The Morgan fingerprint density at radius 1 is 0.952 bits per heavy atom. The molecule has 9 nitrogen and oxygen atoms in total. The lowest BCUT2D eigenvalue weighted by molar-refractivity contribution is -0.127. The average Bonchev–Trinajstić information content (AvgIpc) is 3.69. The summed E-state index contributed by atoms with van der Waals surface area (Å²) in [6.45, 7) is -0.303. The van der Waals surface area contributed by atoms with E-state index in [4.69, 9.17) is 0 Å². The van der Waals surface area contributed by atoms with E-state index >= 15 is 0 Å². The van der Waals surface area contributed by atoms with E-state index in [0.717, 1.165) is 36.5 Å². The Balaban J connectivity index is 1.42. The number of anilines is 1. The fraction of sp³-hybridized carbons (Fsp3) is 0.219. The molecule has 1 atom stereocenters. The molecule has 0 radical (unpaired) electrons. The number of fused-ring (bicyclic) bond motifs is 1. The third-order valence-electron chi connectivity index (χ3n) is 7.54. The van der Waals surface area contributed by atoms with Gasteiger partial charge in [0.2, 0.25) is 11.7 Å². The third kappa shape index (κ3) is 5.69. The zero-order valence-corrected chi connectivity index (χ0v) is 22.7. The van der Waals surface area contributed by atoms with Crippen molar-refractivity contribution < 1.29 is 19.1 Å². The van der Waals surface area contributed by atoms with Crippen molar-refractivity contribution in [3.8, 4) is 17.1 Å². The van der Waals surface area contributed by atoms with Crippen LogP contribution in [-0.2, 0) is 16.1 Å². The summed E-state index contributed by atoms with van der Waals surface area (Å²) in [4.78, 5) is 31.0. The van der Waals surface area contributed by atoms with Crippen LogP contribution in [0.5, 0.6) is 5.75 Å². The van der Waals surface area contributed by atoms with Gasteiger partial charge in [-0.15, -0.1) is 10.2 Å². The first-order chi connectivity index (χ1) is 20.5. The molecule has 0 spiro atoms. The molecular weight excluding hydrogens is 535 g/mol. The minimum atomic E-state index is -1.04. The number of nitrogens with zero attached hydrogens (tertiary/aromatic N) is 5. The standard InChI is InChI=1S/C32H29FN6O3/c33-24-16-12-23(13-17-24)31-35-37-38(36-31)20-29(41)39(28-11-5-7-21-6-1-4-10-27(21)28)30(22-14-18-26(40)19-15-22)32(42)34-25-8-2-3-9-25/h1,4-7,10-19,25,30,40H,2-3,8-9,20H2,(H,34,42)/t30-/m1/s1. The van der Waals surface area contributed by atoms with Crippen LogP contribution in [0.1, 0.15) is 37.3 Å². The molecule has 1 saturated carbocycles. The van der Waals surface area contributed by atoms with Gasteiger partial charge in [-0.1, -0.05) is 61.4 Å². The van der Waals surface area contributed by atoms with Crippen molar-refractivity contribution in [1.29, 1.82) is 0 Å². The quantitative estimate of drug-likeness (QED) is 0.269. The molecular formula is C32H29FN6O3. The molecule has 10 heteroatoms. The molecule has 2 amide bonds. The van der Waals surface area contributed by atoms with Gasteiger partial charge in [-0.05, 0) is 71.5 Å². The number of phenolic OH excluding ortho intramolecular Hbond substituents is 1. The van der Waals surface area contributed by atoms with Crippen molar-refractivity contribution in [2.24, 2.45) is 0 Å². The molecule has 0 aliphatic heterocycles. The van der Waals surface area contributed by atoms with Gasteiger partial charge < -0.3 is 10.4 Å². The van der Waals surface area contributed by atoms with Crippen LogP contribution >= 0.6 is 0 Å². The second kappa shape index (κ2) is 11.8. The van der Waals surface area contributed by atoms with Gasteiger partial charge in [0.05, 0.1) is 5.69 Å². The highest BCUT2D eigenvalue weighted by Gasteiger charge is 2.35. The van der Waals surface area contributed by atoms with Gasteiger partial charge in [0.1, 0.15) is 24.2 Å². The monoisotopic (exact) mass is 564 g/mol. The Bertz CT molecular complexity index is 1710. The van der Waals surface area contributed by atoms with E-state index in [1.54, 1.807) is 12.1 Å². The Hall–Kier alpha value is -5.12. The number of carbonyl (C=O) groups is 2. The topological polar surface area (TPSA) is 113 Å². The second-order valence-electron chi connectivity index (χ2n) is 10.4. The number of hydrogen-bond donors (Lipinski definition) is 2. The van der Waals surface area contributed by atoms with Gasteiger partial charge in [-0.25, -0.2) is 4.39 Å². The van der Waals surface area contributed by atoms with E-state index in [0.29, 0.717) is 16.8 Å². The van der Waals surface area contributed by atoms with E-state index in [1.807, 2.05) is 42.5 Å². The van der Waals surface area contributed by atoms with Crippen molar-refractivity contribution >= 4 is 28.3 Å². The number of hydrogen-bond acceptors (Lipinski definition) is 6. The fourth-order valence-electron chi connectivity index (χ4n) is 5.48. The summed E-state index contributed by atoms with van der Waals surface area (Å²) >= 11 is 0. The first-order valence-corrected chi connectivity index (χ1v) is 13.9. The molecule has 0 unspecified atom stereocenters. The summed E-state index contributed by atoms with van der Waals surface area (Å²) in [6.07, 6.45) is 3.83. The van der Waals surface area contributed by atoms with Gasteiger partial charge >= 0.3 is 0 Å². The highest BCUT2D eigenvalue weighted by atomic mass is 19.1. The summed E-state index contributed by atoms with van der Waals surface area (Å²) < 4.78 is 13.4. The Kier molecular flexibility index (Phi) is 7.59. The average molecular weight is 565 g/mol. The van der Waals surface area contributed by atoms with Crippen LogP contribution in [0.2, 0.25) is 0 Å². The normalized spacial score (nSPS) is 14.1. The molecule has 1 aliphatic carbocycles. The molecule has 1 aliphatic rings. The van der Waals surface area contributed by atoms with Crippen molar-refractivity contribution in [3.05, 3.63) is 102 Å². The number of rotatable bonds is 8. The van der Waals surface area contributed by atoms with Gasteiger partial charge in [0.15, 0.2) is 0 Å². The number of benzene rings is 4. The SMILES string of the molecule is O=C(NC1CCCC1)[C@@H](c1ccc(O)cc1)N(C(=O)Cn1nnc(-c2ccc(F)cc2)n1)c1cccc2ccccc12. The van der Waals surface area contributed by atoms with Crippen LogP contribution in [0.25, 0.3) is 22.2 Å². The van der Waals surface area contributed by atoms with Gasteiger partial charge in [0, 0.05) is 17.0 Å². The molecule has 5 aromatic rings. The Morgan fingerprint density at radius 2 is 1.67 bits per heavy atom. The minimum Gasteiger partial charge on any atom is -0.508 e. The Morgan fingerprint density at radius 3 is 2.43 bits per heavy atom. The number of phenols is 1. The van der Waals surface area contributed by atoms with Crippen molar-refractivity contribution in [2.45, 2.75) is 44.3 Å². The van der Waals surface area contributed by atoms with Crippen LogP contribution in [0.3, 0.4) is 0 Å². The first-order valence-electron chi connectivity index (χ1n) is 13.9. The minimum absolute atomic E-state index is 0.0248. The zero-order valence-electron chi connectivity index (χ0n) is 22.7. The smallest absolute Gasteiger partial charge is 0.251 e. The highest BCUT2D eigenvalue weighted by molar-refractivity contribution is 6.07. The summed E-state index contributed by atoms with van der Waals surface area (Å²) in [5, 5.41) is 27.3. The summed E-state index contributed by atoms with van der Waals surface area (Å²) in [6, 6.07) is 24.2. The summed E-state index contributed by atoms with van der Waals surface area (Å²) in [7, 11) is 0. The number of halogens is 1. The molecule has 0 bridgehead atoms. The lowest BCUT2D eigenvalue weighted by Crippen LogP contribution is -2.47. The molecule has 6 rings (SSSR count). The maximum atomic E-state index is 14.3. The van der Waals surface area contributed by atoms with E-state index in [2.05, 4.69) is 20.7 Å². The van der Waals surface area contributed by atoms with E-state index < -0.39 is 11.9 Å². The maximum absolute atomic E-state index is 14.3. The zero-order chi connectivity index (χ0) is 29.1. The highest BCUT2D eigenvalue weighted by Crippen LogP contribution is 2.35. The van der Waals surface area contributed by atoms with Crippen molar-refractivity contribution in [1.82, 2.24) is 25.5 Å². The van der Waals surface area contributed by atoms with E-state index in [9.17, 15) is 19.1 Å². The number of tetrazole rings is 1. The molecule has 212 valence electrons. The van der Waals surface area contributed by atoms with Crippen LogP contribution in [0.15, 0.2) is 91.0 Å². The van der Waals surface area contributed by atoms with Crippen LogP contribution in [0, 0.1) is 5.82 Å².